The first kappa shape index (κ1) is 18.2. The van der Waals surface area contributed by atoms with Gasteiger partial charge in [0.05, 0.1) is 18.5 Å². The topological polar surface area (TPSA) is 44.8 Å². The van der Waals surface area contributed by atoms with Crippen LogP contribution in [0.15, 0.2) is 48.5 Å². The molecule has 1 amide bonds. The standard InChI is InChI=1S/C20H24FN3O2/c1-26-19-9-5-4-8-18(19)24-14-12-23(13-15-24)11-10-20(25)22-17-7-3-2-6-16(17)21/h2-9H,10-15H2,1H3,(H,22,25). The Morgan fingerprint density at radius 2 is 1.77 bits per heavy atom. The Morgan fingerprint density at radius 3 is 2.50 bits per heavy atom. The van der Waals surface area contributed by atoms with E-state index in [0.717, 1.165) is 37.6 Å². The average Bonchev–Trinajstić information content (AvgIpc) is 2.68. The van der Waals surface area contributed by atoms with Gasteiger partial charge in [-0.05, 0) is 24.3 Å². The lowest BCUT2D eigenvalue weighted by Crippen LogP contribution is -2.47. The number of hydrogen-bond donors (Lipinski definition) is 1. The maximum absolute atomic E-state index is 13.6. The summed E-state index contributed by atoms with van der Waals surface area (Å²) >= 11 is 0. The Labute approximate surface area is 153 Å². The Bertz CT molecular complexity index is 745. The molecule has 1 saturated heterocycles. The quantitative estimate of drug-likeness (QED) is 0.863. The van der Waals surface area contributed by atoms with Crippen LogP contribution in [0.4, 0.5) is 15.8 Å². The fourth-order valence-corrected chi connectivity index (χ4v) is 3.14. The summed E-state index contributed by atoms with van der Waals surface area (Å²) in [6.07, 6.45) is 0.350. The SMILES string of the molecule is COc1ccccc1N1CCN(CCC(=O)Nc2ccccc2F)CC1. The third-order valence-corrected chi connectivity index (χ3v) is 4.60. The monoisotopic (exact) mass is 357 g/mol. The van der Waals surface area contributed by atoms with Gasteiger partial charge in [-0.3, -0.25) is 9.69 Å². The molecule has 26 heavy (non-hydrogen) atoms. The minimum absolute atomic E-state index is 0.165. The summed E-state index contributed by atoms with van der Waals surface area (Å²) in [7, 11) is 1.68. The number of hydrogen-bond acceptors (Lipinski definition) is 4. The van der Waals surface area contributed by atoms with Crippen LogP contribution in [-0.2, 0) is 4.79 Å². The Kier molecular flexibility index (Phi) is 6.07. The van der Waals surface area contributed by atoms with Gasteiger partial charge >= 0.3 is 0 Å². The number of ether oxygens (including phenoxy) is 1. The minimum Gasteiger partial charge on any atom is -0.495 e. The fraction of sp³-hybridized carbons (Fsp3) is 0.350. The van der Waals surface area contributed by atoms with E-state index in [9.17, 15) is 9.18 Å². The summed E-state index contributed by atoms with van der Waals surface area (Å²) in [5.41, 5.74) is 1.34. The van der Waals surface area contributed by atoms with Gasteiger partial charge in [-0.1, -0.05) is 24.3 Å². The Hall–Kier alpha value is -2.60. The number of nitrogens with zero attached hydrogens (tertiary/aromatic N) is 2. The lowest BCUT2D eigenvalue weighted by Gasteiger charge is -2.36. The molecule has 0 spiro atoms. The summed E-state index contributed by atoms with van der Waals surface area (Å²) in [6, 6.07) is 14.2. The van der Waals surface area contributed by atoms with Crippen molar-refractivity contribution in [3.05, 3.63) is 54.3 Å². The van der Waals surface area contributed by atoms with Crippen LogP contribution in [0, 0.1) is 5.82 Å². The predicted molar refractivity (Wildman–Crippen MR) is 101 cm³/mol. The maximum Gasteiger partial charge on any atom is 0.225 e. The largest absolute Gasteiger partial charge is 0.495 e. The molecule has 3 rings (SSSR count). The van der Waals surface area contributed by atoms with Crippen molar-refractivity contribution in [1.82, 2.24) is 4.90 Å². The van der Waals surface area contributed by atoms with Gasteiger partial charge in [0.15, 0.2) is 0 Å². The number of para-hydroxylation sites is 3. The van der Waals surface area contributed by atoms with Gasteiger partial charge in [0.2, 0.25) is 5.91 Å². The van der Waals surface area contributed by atoms with Crippen LogP contribution in [0.1, 0.15) is 6.42 Å². The Balaban J connectivity index is 1.45. The normalized spacial score (nSPS) is 14.9. The van der Waals surface area contributed by atoms with Crippen LogP contribution in [0.2, 0.25) is 0 Å². The summed E-state index contributed by atoms with van der Waals surface area (Å²) < 4.78 is 19.0. The second-order valence-electron chi connectivity index (χ2n) is 6.28. The van der Waals surface area contributed by atoms with E-state index < -0.39 is 5.82 Å². The van der Waals surface area contributed by atoms with Gasteiger partial charge in [0, 0.05) is 39.1 Å². The van der Waals surface area contributed by atoms with Gasteiger partial charge in [-0.2, -0.15) is 0 Å². The van der Waals surface area contributed by atoms with Crippen LogP contribution in [-0.4, -0.2) is 50.6 Å². The van der Waals surface area contributed by atoms with Crippen molar-refractivity contribution in [3.63, 3.8) is 0 Å². The minimum atomic E-state index is -0.411. The lowest BCUT2D eigenvalue weighted by molar-refractivity contribution is -0.116. The van der Waals surface area contributed by atoms with Gasteiger partial charge in [0.1, 0.15) is 11.6 Å². The third-order valence-electron chi connectivity index (χ3n) is 4.60. The molecule has 0 unspecified atom stereocenters. The molecule has 0 bridgehead atoms. The van der Waals surface area contributed by atoms with Crippen LogP contribution < -0.4 is 15.0 Å². The van der Waals surface area contributed by atoms with Gasteiger partial charge in [-0.15, -0.1) is 0 Å². The van der Waals surface area contributed by atoms with E-state index in [4.69, 9.17) is 4.74 Å². The van der Waals surface area contributed by atoms with E-state index in [1.807, 2.05) is 18.2 Å². The first-order valence-electron chi connectivity index (χ1n) is 8.82. The van der Waals surface area contributed by atoms with E-state index >= 15 is 0 Å². The first-order chi connectivity index (χ1) is 12.7. The highest BCUT2D eigenvalue weighted by molar-refractivity contribution is 5.90. The van der Waals surface area contributed by atoms with E-state index in [-0.39, 0.29) is 11.6 Å². The molecule has 138 valence electrons. The second kappa shape index (κ2) is 8.67. The summed E-state index contributed by atoms with van der Waals surface area (Å²) in [5, 5.41) is 2.63. The lowest BCUT2D eigenvalue weighted by atomic mass is 10.2. The van der Waals surface area contributed by atoms with Crippen molar-refractivity contribution < 1.29 is 13.9 Å². The molecular weight excluding hydrogens is 333 g/mol. The first-order valence-corrected chi connectivity index (χ1v) is 8.82. The number of benzene rings is 2. The number of amides is 1. The molecule has 0 radical (unpaired) electrons. The molecule has 1 N–H and O–H groups in total. The maximum atomic E-state index is 13.6. The number of piperazine rings is 1. The number of carbonyl (C=O) groups excluding carboxylic acids is 1. The van der Waals surface area contributed by atoms with Crippen molar-refractivity contribution in [2.75, 3.05) is 50.1 Å². The average molecular weight is 357 g/mol. The molecule has 1 aliphatic rings. The molecule has 6 heteroatoms. The number of rotatable bonds is 6. The summed E-state index contributed by atoms with van der Waals surface area (Å²) in [5.74, 6) is 0.304. The zero-order chi connectivity index (χ0) is 18.4. The molecule has 1 heterocycles. The number of anilines is 2. The second-order valence-corrected chi connectivity index (χ2v) is 6.28. The smallest absolute Gasteiger partial charge is 0.225 e. The van der Waals surface area contributed by atoms with Gasteiger partial charge in [-0.25, -0.2) is 4.39 Å². The molecule has 0 aromatic heterocycles. The molecule has 1 fully saturated rings. The highest BCUT2D eigenvalue weighted by Gasteiger charge is 2.20. The third kappa shape index (κ3) is 4.52. The van der Waals surface area contributed by atoms with Crippen molar-refractivity contribution in [2.24, 2.45) is 0 Å². The van der Waals surface area contributed by atoms with Gasteiger partial charge < -0.3 is 15.0 Å². The molecule has 0 aliphatic carbocycles. The molecular formula is C20H24FN3O2. The summed E-state index contributed by atoms with van der Waals surface area (Å²) in [4.78, 5) is 16.6. The van der Waals surface area contributed by atoms with Crippen LogP contribution in [0.5, 0.6) is 5.75 Å². The van der Waals surface area contributed by atoms with Crippen LogP contribution in [0.25, 0.3) is 0 Å². The van der Waals surface area contributed by atoms with E-state index in [0.29, 0.717) is 13.0 Å². The molecule has 0 atom stereocenters. The van der Waals surface area contributed by atoms with Gasteiger partial charge in [0.25, 0.3) is 0 Å². The van der Waals surface area contributed by atoms with Crippen molar-refractivity contribution in [1.29, 1.82) is 0 Å². The number of carbonyl (C=O) groups is 1. The Morgan fingerprint density at radius 1 is 1.08 bits per heavy atom. The number of methoxy groups -OCH3 is 1. The molecule has 2 aromatic rings. The van der Waals surface area contributed by atoms with E-state index in [2.05, 4.69) is 21.2 Å². The van der Waals surface area contributed by atoms with Crippen molar-refractivity contribution in [3.8, 4) is 5.75 Å². The fourth-order valence-electron chi connectivity index (χ4n) is 3.14. The van der Waals surface area contributed by atoms with Crippen molar-refractivity contribution >= 4 is 17.3 Å². The van der Waals surface area contributed by atoms with E-state index in [1.54, 1.807) is 25.3 Å². The van der Waals surface area contributed by atoms with E-state index in [1.165, 1.54) is 6.07 Å². The molecule has 1 aliphatic heterocycles. The molecule has 5 nitrogen and oxygen atoms in total. The number of nitrogens with one attached hydrogen (secondary N) is 1. The van der Waals surface area contributed by atoms with Crippen molar-refractivity contribution in [2.45, 2.75) is 6.42 Å². The zero-order valence-electron chi connectivity index (χ0n) is 15.0. The number of halogens is 1. The van der Waals surface area contributed by atoms with Crippen LogP contribution in [0.3, 0.4) is 0 Å². The van der Waals surface area contributed by atoms with Crippen LogP contribution >= 0.6 is 0 Å². The highest BCUT2D eigenvalue weighted by Crippen LogP contribution is 2.28. The molecule has 0 saturated carbocycles. The zero-order valence-corrected chi connectivity index (χ0v) is 15.0. The molecule has 2 aromatic carbocycles. The predicted octanol–water partition coefficient (Wildman–Crippen LogP) is 2.99. The highest BCUT2D eigenvalue weighted by atomic mass is 19.1. The summed E-state index contributed by atoms with van der Waals surface area (Å²) in [6.45, 7) is 4.20.